The SMILES string of the molecule is N#Cc1cc2[nH]c(=O)c(=O)[nH]c2cc1SNc1ccc(OC(F)(F)F)cc1. The standard InChI is InChI=1S/C16H9F3N4O3S/c17-16(18,19)26-10-3-1-9(2-4-10)23-27-13-6-12-11(5-8(13)7-20)21-14(24)15(25)22-12/h1-6,23H,(H,21,24)(H,22,25). The number of nitrogens with one attached hydrogen (secondary N) is 3. The highest BCUT2D eigenvalue weighted by atomic mass is 32.2. The molecule has 0 bridgehead atoms. The zero-order valence-corrected chi connectivity index (χ0v) is 14.0. The van der Waals surface area contributed by atoms with Gasteiger partial charge in [0.25, 0.3) is 0 Å². The number of nitrogens with zero attached hydrogens (tertiary/aromatic N) is 1. The third-order valence-electron chi connectivity index (χ3n) is 3.31. The Bertz CT molecular complexity index is 1150. The average Bonchev–Trinajstić information content (AvgIpc) is 2.60. The molecule has 0 aliphatic carbocycles. The summed E-state index contributed by atoms with van der Waals surface area (Å²) in [7, 11) is 0. The van der Waals surface area contributed by atoms with Crippen molar-refractivity contribution >= 4 is 28.7 Å². The lowest BCUT2D eigenvalue weighted by molar-refractivity contribution is -0.274. The molecule has 7 nitrogen and oxygen atoms in total. The van der Waals surface area contributed by atoms with Crippen molar-refractivity contribution in [3.05, 3.63) is 62.7 Å². The first-order valence-corrected chi connectivity index (χ1v) is 8.06. The van der Waals surface area contributed by atoms with Gasteiger partial charge in [0.1, 0.15) is 11.8 Å². The van der Waals surface area contributed by atoms with Gasteiger partial charge >= 0.3 is 17.5 Å². The lowest BCUT2D eigenvalue weighted by Gasteiger charge is -2.11. The van der Waals surface area contributed by atoms with Crippen LogP contribution in [0.1, 0.15) is 5.56 Å². The summed E-state index contributed by atoms with van der Waals surface area (Å²) >= 11 is 1.02. The number of halogens is 3. The van der Waals surface area contributed by atoms with Crippen LogP contribution in [-0.4, -0.2) is 16.3 Å². The average molecular weight is 394 g/mol. The van der Waals surface area contributed by atoms with Gasteiger partial charge in [-0.25, -0.2) is 0 Å². The van der Waals surface area contributed by atoms with E-state index in [2.05, 4.69) is 19.4 Å². The fourth-order valence-electron chi connectivity index (χ4n) is 2.16. The summed E-state index contributed by atoms with van der Waals surface area (Å²) in [6.45, 7) is 0. The highest BCUT2D eigenvalue weighted by Crippen LogP contribution is 2.29. The molecule has 0 radical (unpaired) electrons. The van der Waals surface area contributed by atoms with Crippen LogP contribution in [-0.2, 0) is 0 Å². The van der Waals surface area contributed by atoms with Crippen molar-refractivity contribution in [1.29, 1.82) is 5.26 Å². The van der Waals surface area contributed by atoms with Crippen molar-refractivity contribution in [1.82, 2.24) is 9.97 Å². The second kappa shape index (κ2) is 7.08. The van der Waals surface area contributed by atoms with Crippen molar-refractivity contribution in [2.24, 2.45) is 0 Å². The number of aromatic nitrogens is 2. The highest BCUT2D eigenvalue weighted by Gasteiger charge is 2.30. The van der Waals surface area contributed by atoms with Crippen molar-refractivity contribution in [3.8, 4) is 11.8 Å². The molecule has 0 spiro atoms. The molecule has 0 atom stereocenters. The van der Waals surface area contributed by atoms with Gasteiger partial charge in [0.05, 0.1) is 16.6 Å². The van der Waals surface area contributed by atoms with E-state index >= 15 is 0 Å². The molecule has 11 heteroatoms. The maximum atomic E-state index is 12.2. The molecule has 3 aromatic rings. The summed E-state index contributed by atoms with van der Waals surface area (Å²) in [5.74, 6) is -0.358. The highest BCUT2D eigenvalue weighted by molar-refractivity contribution is 8.00. The molecule has 0 aliphatic rings. The molecule has 0 aliphatic heterocycles. The van der Waals surface area contributed by atoms with Gasteiger partial charge in [-0.1, -0.05) is 0 Å². The van der Waals surface area contributed by atoms with E-state index in [1.54, 1.807) is 0 Å². The maximum Gasteiger partial charge on any atom is 0.573 e. The third kappa shape index (κ3) is 4.42. The van der Waals surface area contributed by atoms with Crippen LogP contribution in [0.2, 0.25) is 0 Å². The van der Waals surface area contributed by atoms with E-state index in [0.717, 1.165) is 24.1 Å². The van der Waals surface area contributed by atoms with Crippen LogP contribution in [0.15, 0.2) is 50.9 Å². The van der Waals surface area contributed by atoms with E-state index < -0.39 is 17.5 Å². The fraction of sp³-hybridized carbons (Fsp3) is 0.0625. The van der Waals surface area contributed by atoms with E-state index in [9.17, 15) is 28.0 Å². The Labute approximate surface area is 152 Å². The Morgan fingerprint density at radius 1 is 1.04 bits per heavy atom. The summed E-state index contributed by atoms with van der Waals surface area (Å²) in [5.41, 5.74) is -0.318. The van der Waals surface area contributed by atoms with E-state index in [1.807, 2.05) is 6.07 Å². The Balaban J connectivity index is 1.82. The van der Waals surface area contributed by atoms with Crippen LogP contribution >= 0.6 is 11.9 Å². The molecule has 1 heterocycles. The molecule has 0 unspecified atom stereocenters. The number of alkyl halides is 3. The largest absolute Gasteiger partial charge is 0.573 e. The van der Waals surface area contributed by atoms with Crippen LogP contribution in [0.5, 0.6) is 5.75 Å². The van der Waals surface area contributed by atoms with Crippen molar-refractivity contribution in [3.63, 3.8) is 0 Å². The van der Waals surface area contributed by atoms with Crippen LogP contribution in [0, 0.1) is 11.3 Å². The number of nitriles is 1. The molecule has 0 amide bonds. The molecule has 2 aromatic carbocycles. The molecular weight excluding hydrogens is 385 g/mol. The minimum atomic E-state index is -4.77. The summed E-state index contributed by atoms with van der Waals surface area (Å²) < 4.78 is 43.1. The number of ether oxygens (including phenoxy) is 1. The minimum absolute atomic E-state index is 0.236. The Kier molecular flexibility index (Phi) is 4.83. The second-order valence-electron chi connectivity index (χ2n) is 5.19. The minimum Gasteiger partial charge on any atom is -0.406 e. The molecular formula is C16H9F3N4O3S. The van der Waals surface area contributed by atoms with Crippen LogP contribution < -0.4 is 20.6 Å². The van der Waals surface area contributed by atoms with Gasteiger partial charge in [0.15, 0.2) is 0 Å². The number of hydrogen-bond acceptors (Lipinski definition) is 6. The van der Waals surface area contributed by atoms with Gasteiger partial charge in [-0.15, -0.1) is 13.2 Å². The number of anilines is 1. The molecule has 0 saturated heterocycles. The molecule has 3 N–H and O–H groups in total. The van der Waals surface area contributed by atoms with Gasteiger partial charge < -0.3 is 19.4 Å². The topological polar surface area (TPSA) is 111 Å². The normalized spacial score (nSPS) is 11.2. The Morgan fingerprint density at radius 3 is 2.19 bits per heavy atom. The van der Waals surface area contributed by atoms with Crippen molar-refractivity contribution in [2.75, 3.05) is 4.72 Å². The van der Waals surface area contributed by atoms with E-state index in [1.165, 1.54) is 24.3 Å². The number of fused-ring (bicyclic) bond motifs is 1. The predicted molar refractivity (Wildman–Crippen MR) is 92.5 cm³/mol. The zero-order chi connectivity index (χ0) is 19.6. The number of H-pyrrole nitrogens is 2. The van der Waals surface area contributed by atoms with Crippen LogP contribution in [0.3, 0.4) is 0 Å². The monoisotopic (exact) mass is 394 g/mol. The lowest BCUT2D eigenvalue weighted by Crippen LogP contribution is -2.28. The summed E-state index contributed by atoms with van der Waals surface area (Å²) in [6.07, 6.45) is -4.77. The van der Waals surface area contributed by atoms with Gasteiger partial charge in [0.2, 0.25) is 0 Å². The van der Waals surface area contributed by atoms with Gasteiger partial charge in [-0.05, 0) is 48.3 Å². The van der Waals surface area contributed by atoms with Gasteiger partial charge in [-0.2, -0.15) is 5.26 Å². The molecule has 3 rings (SSSR count). The summed E-state index contributed by atoms with van der Waals surface area (Å²) in [6, 6.07) is 9.93. The van der Waals surface area contributed by atoms with Gasteiger partial charge in [0, 0.05) is 10.6 Å². The fourth-order valence-corrected chi connectivity index (χ4v) is 2.91. The van der Waals surface area contributed by atoms with E-state index in [-0.39, 0.29) is 11.3 Å². The number of hydrogen-bond donors (Lipinski definition) is 3. The molecule has 0 saturated carbocycles. The maximum absolute atomic E-state index is 12.2. The molecule has 27 heavy (non-hydrogen) atoms. The zero-order valence-electron chi connectivity index (χ0n) is 13.2. The number of aromatic amines is 2. The lowest BCUT2D eigenvalue weighted by atomic mass is 10.2. The number of rotatable bonds is 4. The van der Waals surface area contributed by atoms with E-state index in [4.69, 9.17) is 0 Å². The first kappa shape index (κ1) is 18.4. The Hall–Kier alpha value is -3.39. The number of benzene rings is 2. The summed E-state index contributed by atoms with van der Waals surface area (Å²) in [4.78, 5) is 28.0. The van der Waals surface area contributed by atoms with Crippen molar-refractivity contribution < 1.29 is 17.9 Å². The molecule has 1 aromatic heterocycles. The third-order valence-corrected chi connectivity index (χ3v) is 4.20. The van der Waals surface area contributed by atoms with Gasteiger partial charge in [-0.3, -0.25) is 9.59 Å². The first-order valence-electron chi connectivity index (χ1n) is 7.24. The van der Waals surface area contributed by atoms with Crippen molar-refractivity contribution in [2.45, 2.75) is 11.3 Å². The Morgan fingerprint density at radius 2 is 1.63 bits per heavy atom. The van der Waals surface area contributed by atoms with Crippen LogP contribution in [0.4, 0.5) is 18.9 Å². The predicted octanol–water partition coefficient (Wildman–Crippen LogP) is 3.11. The molecule has 0 fully saturated rings. The quantitative estimate of drug-likeness (QED) is 0.463. The van der Waals surface area contributed by atoms with E-state index in [0.29, 0.717) is 21.6 Å². The first-order chi connectivity index (χ1) is 12.7. The second-order valence-corrected chi connectivity index (χ2v) is 6.04. The summed E-state index contributed by atoms with van der Waals surface area (Å²) in [5, 5.41) is 9.27. The smallest absolute Gasteiger partial charge is 0.406 e. The molecule has 138 valence electrons. The van der Waals surface area contributed by atoms with Crippen LogP contribution in [0.25, 0.3) is 11.0 Å².